The van der Waals surface area contributed by atoms with Gasteiger partial charge in [-0.3, -0.25) is 4.98 Å². The predicted octanol–water partition coefficient (Wildman–Crippen LogP) is 15.3. The molecule has 14 heteroatoms. The first kappa shape index (κ1) is 39.1. The second kappa shape index (κ2) is 32.7. The van der Waals surface area contributed by atoms with Crippen molar-refractivity contribution in [3.8, 4) is 45.0 Å². The van der Waals surface area contributed by atoms with Crippen LogP contribution in [-0.4, -0.2) is 63.6 Å². The number of furan rings is 2. The van der Waals surface area contributed by atoms with E-state index in [4.69, 9.17) is 63.5 Å². The zero-order valence-corrected chi connectivity index (χ0v) is 47.7. The van der Waals surface area contributed by atoms with Gasteiger partial charge in [-0.25, -0.2) is 8.42 Å². The topological polar surface area (TPSA) is 175 Å². The standard InChI is InChI=1S/2C17H10NO.C14H15N.C14H14N.CH4O3S.2CH4O.CH4.2Ir.H2/c2*1-2-10-16-12(6-1)13-7-5-8-14(17(13)19-16)15-9-3-4-11-18-15;2*1-10-4-6-13(7-5-10)14-8-11(2)12(3)9-15-14;1-5(2,3)4;2*1-2;;;;/h2*1-7,9-11H;4-9H,1-3H3;4-6,8-9H,1-3H3;1H3,(H,2,3,4);2*2H,1H3;1H4;;;1H/q2*-1;;-1;;;;;;;/p-1/i2*3D,4D,9D,11D;1D3,3D3;1D3,2D3,3D3;;;;;;;1+1. The zero-order valence-electron chi connectivity index (χ0n) is 65.1. The normalized spacial score (nSPS) is 15.0. The maximum atomic E-state index is 9.08. The van der Waals surface area contributed by atoms with E-state index < -0.39 is 44.4 Å². The van der Waals surface area contributed by atoms with Crippen molar-refractivity contribution < 1.29 is 105 Å². The number of pyridine rings is 4. The van der Waals surface area contributed by atoms with Gasteiger partial charge >= 0.3 is 0 Å². The Morgan fingerprint density at radius 3 is 1.48 bits per heavy atom. The Bertz CT molecular complexity index is 4820. The molecule has 12 rings (SSSR count). The molecule has 0 unspecified atom stereocenters. The Morgan fingerprint density at radius 1 is 0.550 bits per heavy atom. The van der Waals surface area contributed by atoms with Crippen LogP contribution in [0.4, 0.5) is 0 Å². The third-order valence-electron chi connectivity index (χ3n) is 10.4. The van der Waals surface area contributed by atoms with Gasteiger partial charge in [-0.2, -0.15) is 0 Å². The molecular formula is C66H66Ir2N4O7S-4. The number of rotatable bonds is 4. The third kappa shape index (κ3) is 18.4. The maximum Gasteiger partial charge on any atom is 0.120 e. The summed E-state index contributed by atoms with van der Waals surface area (Å²) in [6.07, 6.45) is 2.32. The van der Waals surface area contributed by atoms with Crippen molar-refractivity contribution in [1.82, 2.24) is 19.9 Å². The van der Waals surface area contributed by atoms with Gasteiger partial charge in [0.15, 0.2) is 0 Å². The van der Waals surface area contributed by atoms with E-state index in [-0.39, 0.29) is 143 Å². The SMILES string of the molecule is C.CO.CO.CS(=O)(=O)[O-].[2HH].[2H]C([2H])([2H])c1c[c-]c(-c2cc(C([2H])([2H])[2H])c(C([2H])([2H])[2H])cn2)cc1.[2H]C([2H])([2H])c1ccc(-c2cc(C)c(C([2H])([2H])[2H])cn2)cc1.[2H]c1nc(-c2[c-]ccc3c2oc2ccccc23)c([2H])c([2H])c1[2H].[2H]c1nc(-c2[c-]ccc3c2oc2ccccc23)c([2H])c([2H])c1[2H].[Ir].[Ir]. The Kier molecular flexibility index (Phi) is 16.0. The van der Waals surface area contributed by atoms with Crippen LogP contribution >= 0.6 is 0 Å². The fourth-order valence-electron chi connectivity index (χ4n) is 6.97. The van der Waals surface area contributed by atoms with Crippen LogP contribution in [0.25, 0.3) is 88.9 Å². The van der Waals surface area contributed by atoms with Gasteiger partial charge in [0.25, 0.3) is 0 Å². The third-order valence-corrected chi connectivity index (χ3v) is 10.4. The Morgan fingerprint density at radius 2 is 1.01 bits per heavy atom. The van der Waals surface area contributed by atoms with Crippen LogP contribution in [-0.2, 0) is 50.3 Å². The molecule has 0 atom stereocenters. The van der Waals surface area contributed by atoms with Crippen molar-refractivity contribution in [3.63, 3.8) is 0 Å². The van der Waals surface area contributed by atoms with Gasteiger partial charge < -0.3 is 38.6 Å². The molecule has 11 nitrogen and oxygen atoms in total. The van der Waals surface area contributed by atoms with Crippen LogP contribution in [0.2, 0.25) is 0 Å². The molecule has 0 saturated heterocycles. The summed E-state index contributed by atoms with van der Waals surface area (Å²) in [4.78, 5) is 16.2. The molecule has 2 N–H and O–H groups in total. The van der Waals surface area contributed by atoms with Crippen molar-refractivity contribution in [2.24, 2.45) is 0 Å². The molecule has 6 heterocycles. The van der Waals surface area contributed by atoms with E-state index in [2.05, 4.69) is 38.1 Å². The Balaban J connectivity index is 0.000000448. The molecule has 0 bridgehead atoms. The van der Waals surface area contributed by atoms with Gasteiger partial charge in [-0.15, -0.1) is 71.8 Å². The second-order valence-electron chi connectivity index (χ2n) is 15.6. The number of hydrogen-bond acceptors (Lipinski definition) is 11. The molecule has 0 spiro atoms. The first-order chi connectivity index (χ1) is 46.5. The van der Waals surface area contributed by atoms with Crippen LogP contribution in [0.5, 0.6) is 0 Å². The average Bonchev–Trinajstić information content (AvgIpc) is 1.13. The molecule has 0 amide bonds. The largest absolute Gasteiger partial charge is 0.748 e. The number of nitrogens with zero attached hydrogens (tertiary/aromatic N) is 4. The van der Waals surface area contributed by atoms with Gasteiger partial charge in [-0.05, 0) is 98.4 Å². The van der Waals surface area contributed by atoms with Crippen LogP contribution < -0.4 is 0 Å². The van der Waals surface area contributed by atoms with Gasteiger partial charge in [0.1, 0.15) is 11.2 Å². The van der Waals surface area contributed by atoms with Gasteiger partial charge in [-0.1, -0.05) is 138 Å². The van der Waals surface area contributed by atoms with E-state index in [1.165, 1.54) is 42.6 Å². The Labute approximate surface area is 531 Å². The van der Waals surface area contributed by atoms with Gasteiger partial charge in [0.05, 0.1) is 37.9 Å². The molecule has 0 saturated carbocycles. The summed E-state index contributed by atoms with van der Waals surface area (Å²) >= 11 is 0. The summed E-state index contributed by atoms with van der Waals surface area (Å²) in [5.74, 6) is 0. The number of aryl methyl sites for hydroxylation is 6. The quantitative estimate of drug-likeness (QED) is 0.127. The van der Waals surface area contributed by atoms with Crippen LogP contribution in [0.15, 0.2) is 197 Å². The van der Waals surface area contributed by atoms with E-state index in [9.17, 15) is 0 Å². The van der Waals surface area contributed by atoms with Gasteiger partial charge in [0.2, 0.25) is 0 Å². The van der Waals surface area contributed by atoms with Crippen LogP contribution in [0.1, 0.15) is 73.8 Å². The molecule has 0 fully saturated rings. The summed E-state index contributed by atoms with van der Waals surface area (Å²) in [6, 6.07) is 42.8. The first-order valence-electron chi connectivity index (χ1n) is 34.0. The van der Waals surface area contributed by atoms with Crippen molar-refractivity contribution >= 4 is 54.0 Å². The van der Waals surface area contributed by atoms with E-state index in [0.29, 0.717) is 56.5 Å². The van der Waals surface area contributed by atoms with E-state index in [1.54, 1.807) is 37.3 Å². The van der Waals surface area contributed by atoms with E-state index in [0.717, 1.165) is 47.5 Å². The van der Waals surface area contributed by atoms with E-state index in [1.807, 2.05) is 60.7 Å². The second-order valence-corrected chi connectivity index (χ2v) is 17.0. The molecule has 6 aromatic heterocycles. The van der Waals surface area contributed by atoms with Crippen LogP contribution in [0.3, 0.4) is 0 Å². The summed E-state index contributed by atoms with van der Waals surface area (Å²) < 4.78 is 213. The number of fused-ring (bicyclic) bond motifs is 6. The molecule has 2 radical (unpaired) electrons. The van der Waals surface area contributed by atoms with Crippen molar-refractivity contribution in [1.29, 1.82) is 0 Å². The molecule has 0 aliphatic carbocycles. The monoisotopic (exact) mass is 1470 g/mol. The van der Waals surface area contributed by atoms with E-state index >= 15 is 0 Å². The first-order valence-corrected chi connectivity index (χ1v) is 24.3. The minimum atomic E-state index is -3.92. The van der Waals surface area contributed by atoms with Crippen molar-refractivity contribution in [2.75, 3.05) is 20.5 Å². The number of aromatic nitrogens is 4. The summed E-state index contributed by atoms with van der Waals surface area (Å²) in [6.45, 7) is -10.1. The number of hydrogen-bond donors (Lipinski definition) is 2. The van der Waals surface area contributed by atoms with Crippen molar-refractivity contribution in [3.05, 3.63) is 240 Å². The molecule has 12 aromatic rings. The molecule has 0 aliphatic heterocycles. The summed E-state index contributed by atoms with van der Waals surface area (Å²) in [7, 11) is -1.92. The minimum absolute atomic E-state index is 0. The number of aliphatic hydroxyl groups is 2. The zero-order chi connectivity index (χ0) is 74.9. The smallest absolute Gasteiger partial charge is 0.120 e. The summed E-state index contributed by atoms with van der Waals surface area (Å²) in [5, 5.41) is 17.6. The predicted molar refractivity (Wildman–Crippen MR) is 319 cm³/mol. The fourth-order valence-corrected chi connectivity index (χ4v) is 6.97. The molecule has 6 aromatic carbocycles. The van der Waals surface area contributed by atoms with Crippen molar-refractivity contribution in [2.45, 2.75) is 48.6 Å². The minimum Gasteiger partial charge on any atom is -0.748 e. The molecule has 420 valence electrons. The Hall–Kier alpha value is -7.35. The maximum absolute atomic E-state index is 9.08. The number of aliphatic hydroxyl groups excluding tert-OH is 2. The number of para-hydroxylation sites is 2. The summed E-state index contributed by atoms with van der Waals surface area (Å²) in [5.41, 5.74) is 6.18. The molecule has 0 aliphatic rings. The number of benzene rings is 6. The average molecular weight is 1470 g/mol. The molecular weight excluding hydrogens is 1380 g/mol. The molecule has 80 heavy (non-hydrogen) atoms. The fraction of sp³-hybridized carbons (Fsp3) is 0.152. The van der Waals surface area contributed by atoms with Gasteiger partial charge in [0, 0.05) is 124 Å². The van der Waals surface area contributed by atoms with Crippen LogP contribution in [0, 0.1) is 59.4 Å².